The van der Waals surface area contributed by atoms with Crippen LogP contribution >= 0.6 is 15.9 Å². The number of carbonyl (C=O) groups excluding carboxylic acids is 2. The molecule has 2 heterocycles. The first-order valence-corrected chi connectivity index (χ1v) is 10.7. The highest BCUT2D eigenvalue weighted by Crippen LogP contribution is 2.39. The Hall–Kier alpha value is -2.48. The molecule has 0 spiro atoms. The quantitative estimate of drug-likeness (QED) is 0.412. The van der Waals surface area contributed by atoms with Gasteiger partial charge in [0.15, 0.2) is 0 Å². The molecule has 7 heteroatoms. The molecule has 1 N–H and O–H groups in total. The van der Waals surface area contributed by atoms with Gasteiger partial charge in [0.1, 0.15) is 5.76 Å². The number of rotatable bonds is 5. The fraction of sp³-hybridized carbons (Fsp3) is 0.304. The fourth-order valence-electron chi connectivity index (χ4n) is 3.93. The van der Waals surface area contributed by atoms with E-state index in [4.69, 9.17) is 4.74 Å². The van der Waals surface area contributed by atoms with Crippen LogP contribution in [0, 0.1) is 0 Å². The van der Waals surface area contributed by atoms with Crippen LogP contribution in [0.2, 0.25) is 0 Å². The van der Waals surface area contributed by atoms with Crippen LogP contribution in [0.5, 0.6) is 0 Å². The van der Waals surface area contributed by atoms with E-state index in [0.717, 1.165) is 23.1 Å². The van der Waals surface area contributed by atoms with Gasteiger partial charge < -0.3 is 14.7 Å². The molecule has 0 aromatic heterocycles. The molecule has 6 nitrogen and oxygen atoms in total. The Balaban J connectivity index is 1.71. The minimum absolute atomic E-state index is 0.135. The Morgan fingerprint density at radius 3 is 2.33 bits per heavy atom. The molecule has 0 saturated carbocycles. The number of carbonyl (C=O) groups is 2. The number of aliphatic hydroxyl groups is 1. The molecular weight excluding hydrogens is 448 g/mol. The van der Waals surface area contributed by atoms with Crippen molar-refractivity contribution in [2.45, 2.75) is 6.04 Å². The number of nitrogens with zero attached hydrogens (tertiary/aromatic N) is 2. The smallest absolute Gasteiger partial charge is 0.295 e. The van der Waals surface area contributed by atoms with Crippen LogP contribution in [-0.2, 0) is 14.3 Å². The second-order valence-electron chi connectivity index (χ2n) is 7.36. The maximum Gasteiger partial charge on any atom is 0.295 e. The zero-order chi connectivity index (χ0) is 21.1. The molecule has 4 rings (SSSR count). The van der Waals surface area contributed by atoms with E-state index in [2.05, 4.69) is 20.8 Å². The van der Waals surface area contributed by atoms with Crippen LogP contribution in [0.1, 0.15) is 17.2 Å². The molecule has 156 valence electrons. The molecule has 2 aliphatic heterocycles. The van der Waals surface area contributed by atoms with Crippen molar-refractivity contribution in [1.29, 1.82) is 0 Å². The van der Waals surface area contributed by atoms with Crippen molar-refractivity contribution in [2.75, 3.05) is 39.4 Å². The summed E-state index contributed by atoms with van der Waals surface area (Å²) in [7, 11) is 0. The highest BCUT2D eigenvalue weighted by atomic mass is 79.9. The molecule has 1 amide bonds. The summed E-state index contributed by atoms with van der Waals surface area (Å²) in [5.41, 5.74) is 1.44. The average Bonchev–Trinajstić information content (AvgIpc) is 3.04. The first-order valence-electron chi connectivity index (χ1n) is 9.95. The summed E-state index contributed by atoms with van der Waals surface area (Å²) in [5, 5.41) is 11.0. The second-order valence-corrected chi connectivity index (χ2v) is 8.28. The topological polar surface area (TPSA) is 70.1 Å². The highest BCUT2D eigenvalue weighted by Gasteiger charge is 2.45. The molecule has 2 aromatic carbocycles. The number of hydrogen-bond donors (Lipinski definition) is 1. The van der Waals surface area contributed by atoms with Gasteiger partial charge in [0, 0.05) is 36.2 Å². The fourth-order valence-corrected chi connectivity index (χ4v) is 4.19. The Morgan fingerprint density at radius 1 is 1.00 bits per heavy atom. The van der Waals surface area contributed by atoms with Crippen molar-refractivity contribution in [3.8, 4) is 0 Å². The standard InChI is InChI=1S/C23H23BrN2O4/c24-18-8-6-17(7-9-18)21(27)19-20(16-4-2-1-3-5-16)26(23(29)22(19)28)11-10-25-12-14-30-15-13-25/h1-9,20,27H,10-15H2/t20-/m0/s1. The minimum atomic E-state index is -0.647. The minimum Gasteiger partial charge on any atom is -0.507 e. The van der Waals surface area contributed by atoms with Crippen molar-refractivity contribution in [1.82, 2.24) is 9.80 Å². The molecular formula is C23H23BrN2O4. The van der Waals surface area contributed by atoms with E-state index >= 15 is 0 Å². The van der Waals surface area contributed by atoms with Crippen LogP contribution in [0.4, 0.5) is 0 Å². The molecule has 2 fully saturated rings. The van der Waals surface area contributed by atoms with Gasteiger partial charge in [0.2, 0.25) is 0 Å². The third-order valence-corrected chi connectivity index (χ3v) is 6.06. The number of Topliss-reactive ketones (excluding diaryl/α,β-unsaturated/α-hetero) is 1. The normalized spacial score (nSPS) is 21.9. The van der Waals surface area contributed by atoms with Gasteiger partial charge in [-0.05, 0) is 17.7 Å². The molecule has 0 radical (unpaired) electrons. The summed E-state index contributed by atoms with van der Waals surface area (Å²) < 4.78 is 6.25. The Morgan fingerprint density at radius 2 is 1.67 bits per heavy atom. The van der Waals surface area contributed by atoms with E-state index in [9.17, 15) is 14.7 Å². The molecule has 2 saturated heterocycles. The van der Waals surface area contributed by atoms with E-state index in [0.29, 0.717) is 31.9 Å². The van der Waals surface area contributed by atoms with Gasteiger partial charge >= 0.3 is 0 Å². The lowest BCUT2D eigenvalue weighted by Crippen LogP contribution is -2.42. The van der Waals surface area contributed by atoms with Gasteiger partial charge in [-0.25, -0.2) is 0 Å². The van der Waals surface area contributed by atoms with E-state index < -0.39 is 17.7 Å². The van der Waals surface area contributed by atoms with Crippen LogP contribution < -0.4 is 0 Å². The van der Waals surface area contributed by atoms with E-state index in [1.54, 1.807) is 29.2 Å². The average molecular weight is 471 g/mol. The summed E-state index contributed by atoms with van der Waals surface area (Å²) in [6.07, 6.45) is 0. The number of halogens is 1. The number of ether oxygens (including phenoxy) is 1. The van der Waals surface area contributed by atoms with Crippen LogP contribution in [0.15, 0.2) is 64.6 Å². The van der Waals surface area contributed by atoms with E-state index in [-0.39, 0.29) is 11.3 Å². The third-order valence-electron chi connectivity index (χ3n) is 5.53. The van der Waals surface area contributed by atoms with Crippen molar-refractivity contribution >= 4 is 33.4 Å². The SMILES string of the molecule is O=C1C(=O)N(CCN2CCOCC2)[C@@H](c2ccccc2)C1=C(O)c1ccc(Br)cc1. The number of morpholine rings is 1. The van der Waals surface area contributed by atoms with Crippen LogP contribution in [0.25, 0.3) is 5.76 Å². The van der Waals surface area contributed by atoms with Gasteiger partial charge in [-0.2, -0.15) is 0 Å². The summed E-state index contributed by atoms with van der Waals surface area (Å²) >= 11 is 3.38. The van der Waals surface area contributed by atoms with Crippen LogP contribution in [0.3, 0.4) is 0 Å². The van der Waals surface area contributed by atoms with Gasteiger partial charge in [-0.15, -0.1) is 0 Å². The molecule has 30 heavy (non-hydrogen) atoms. The Kier molecular flexibility index (Phi) is 6.32. The van der Waals surface area contributed by atoms with E-state index in [1.165, 1.54) is 0 Å². The second kappa shape index (κ2) is 9.12. The van der Waals surface area contributed by atoms with Gasteiger partial charge in [0.05, 0.1) is 24.8 Å². The molecule has 0 bridgehead atoms. The first kappa shape index (κ1) is 20.8. The number of benzene rings is 2. The maximum atomic E-state index is 13.0. The number of ketones is 1. The lowest BCUT2D eigenvalue weighted by Gasteiger charge is -2.31. The van der Waals surface area contributed by atoms with Crippen molar-refractivity contribution in [2.24, 2.45) is 0 Å². The van der Waals surface area contributed by atoms with Crippen molar-refractivity contribution in [3.63, 3.8) is 0 Å². The molecule has 0 unspecified atom stereocenters. The molecule has 2 aromatic rings. The van der Waals surface area contributed by atoms with Gasteiger partial charge in [-0.1, -0.05) is 58.4 Å². The lowest BCUT2D eigenvalue weighted by molar-refractivity contribution is -0.140. The maximum absolute atomic E-state index is 13.0. The first-order chi connectivity index (χ1) is 14.6. The predicted molar refractivity (Wildman–Crippen MR) is 117 cm³/mol. The van der Waals surface area contributed by atoms with Crippen molar-refractivity contribution < 1.29 is 19.4 Å². The van der Waals surface area contributed by atoms with E-state index in [1.807, 2.05) is 30.3 Å². The highest BCUT2D eigenvalue weighted by molar-refractivity contribution is 9.10. The lowest BCUT2D eigenvalue weighted by atomic mass is 9.95. The predicted octanol–water partition coefficient (Wildman–Crippen LogP) is 3.20. The number of likely N-dealkylation sites (tertiary alicyclic amines) is 1. The van der Waals surface area contributed by atoms with Gasteiger partial charge in [0.25, 0.3) is 11.7 Å². The van der Waals surface area contributed by atoms with Gasteiger partial charge in [-0.3, -0.25) is 14.5 Å². The Labute approximate surface area is 183 Å². The number of aliphatic hydroxyl groups excluding tert-OH is 1. The summed E-state index contributed by atoms with van der Waals surface area (Å²) in [4.78, 5) is 29.7. The Bertz CT molecular complexity index is 953. The largest absolute Gasteiger partial charge is 0.507 e. The van der Waals surface area contributed by atoms with Crippen molar-refractivity contribution in [3.05, 3.63) is 75.8 Å². The summed E-state index contributed by atoms with van der Waals surface area (Å²) in [6.45, 7) is 4.01. The monoisotopic (exact) mass is 470 g/mol. The zero-order valence-electron chi connectivity index (χ0n) is 16.5. The summed E-state index contributed by atoms with van der Waals surface area (Å²) in [6, 6.07) is 15.8. The third kappa shape index (κ3) is 4.19. The number of amides is 1. The molecule has 2 aliphatic rings. The zero-order valence-corrected chi connectivity index (χ0v) is 18.0. The van der Waals surface area contributed by atoms with Crippen LogP contribution in [-0.4, -0.2) is 66.0 Å². The summed E-state index contributed by atoms with van der Waals surface area (Å²) in [5.74, 6) is -1.37. The molecule has 1 atom stereocenters. The number of hydrogen-bond acceptors (Lipinski definition) is 5. The molecule has 0 aliphatic carbocycles.